The van der Waals surface area contributed by atoms with Crippen molar-refractivity contribution in [2.75, 3.05) is 0 Å². The van der Waals surface area contributed by atoms with Crippen LogP contribution >= 0.6 is 11.8 Å². The first kappa shape index (κ1) is 18.3. The molecule has 1 saturated heterocycles. The van der Waals surface area contributed by atoms with Crippen molar-refractivity contribution in [3.63, 3.8) is 0 Å². The average Bonchev–Trinajstić information content (AvgIpc) is 2.61. The smallest absolute Gasteiger partial charge is 0.223 e. The summed E-state index contributed by atoms with van der Waals surface area (Å²) in [6, 6.07) is 10.4. The maximum Gasteiger partial charge on any atom is 0.223 e. The highest BCUT2D eigenvalue weighted by atomic mass is 32.2. The second kappa shape index (κ2) is 9.25. The molecule has 0 aromatic heterocycles. The molecule has 1 heterocycles. The quantitative estimate of drug-likeness (QED) is 0.728. The molecule has 0 spiro atoms. The summed E-state index contributed by atoms with van der Waals surface area (Å²) in [6.07, 6.45) is 6.57. The molecule has 1 aliphatic heterocycles. The first-order valence-electron chi connectivity index (χ1n) is 9.19. The summed E-state index contributed by atoms with van der Waals surface area (Å²) in [6.45, 7) is 0. The minimum absolute atomic E-state index is 0.0137. The second-order valence-electron chi connectivity index (χ2n) is 6.92. The molecule has 2 amide bonds. The molecule has 1 saturated carbocycles. The normalized spacial score (nSPS) is 24.6. The molecular weight excluding hydrogens is 334 g/mol. The molecule has 0 bridgehead atoms. The SMILES string of the molecule is O=C(CC1CC(=O)NC(SCc2ccccc2)N1)NC1CCCCC1. The van der Waals surface area contributed by atoms with Gasteiger partial charge in [-0.3, -0.25) is 14.9 Å². The Morgan fingerprint density at radius 2 is 1.92 bits per heavy atom. The summed E-state index contributed by atoms with van der Waals surface area (Å²) in [5.74, 6) is 0.894. The van der Waals surface area contributed by atoms with Crippen LogP contribution in [0.1, 0.15) is 50.5 Å². The van der Waals surface area contributed by atoms with E-state index in [1.807, 2.05) is 18.2 Å². The fraction of sp³-hybridized carbons (Fsp3) is 0.579. The third-order valence-electron chi connectivity index (χ3n) is 4.77. The maximum atomic E-state index is 12.3. The summed E-state index contributed by atoms with van der Waals surface area (Å²) in [5.41, 5.74) is 1.08. The Balaban J connectivity index is 1.44. The lowest BCUT2D eigenvalue weighted by molar-refractivity contribution is -0.125. The van der Waals surface area contributed by atoms with Crippen LogP contribution in [-0.4, -0.2) is 29.4 Å². The van der Waals surface area contributed by atoms with Gasteiger partial charge in [0.15, 0.2) is 0 Å². The van der Waals surface area contributed by atoms with Gasteiger partial charge in [-0.2, -0.15) is 0 Å². The zero-order chi connectivity index (χ0) is 17.5. The summed E-state index contributed by atoms with van der Waals surface area (Å²) in [7, 11) is 0. The Bertz CT molecular complexity index is 575. The van der Waals surface area contributed by atoms with Crippen LogP contribution in [0.4, 0.5) is 0 Å². The van der Waals surface area contributed by atoms with Gasteiger partial charge < -0.3 is 10.6 Å². The van der Waals surface area contributed by atoms with Crippen molar-refractivity contribution in [2.24, 2.45) is 0 Å². The highest BCUT2D eigenvalue weighted by molar-refractivity contribution is 7.99. The van der Waals surface area contributed by atoms with Crippen LogP contribution in [0.2, 0.25) is 0 Å². The summed E-state index contributed by atoms with van der Waals surface area (Å²) >= 11 is 1.65. The number of carbonyl (C=O) groups excluding carboxylic acids is 2. The van der Waals surface area contributed by atoms with Crippen LogP contribution in [0.5, 0.6) is 0 Å². The number of thioether (sulfide) groups is 1. The van der Waals surface area contributed by atoms with Gasteiger partial charge in [0.2, 0.25) is 11.8 Å². The minimum Gasteiger partial charge on any atom is -0.353 e. The lowest BCUT2D eigenvalue weighted by atomic mass is 9.95. The van der Waals surface area contributed by atoms with Gasteiger partial charge in [-0.1, -0.05) is 49.6 Å². The summed E-state index contributed by atoms with van der Waals surface area (Å²) < 4.78 is 0. The van der Waals surface area contributed by atoms with Crippen LogP contribution in [0.15, 0.2) is 30.3 Å². The molecule has 1 aromatic carbocycles. The van der Waals surface area contributed by atoms with E-state index in [1.165, 1.54) is 24.8 Å². The molecule has 136 valence electrons. The number of hydrogen-bond donors (Lipinski definition) is 3. The van der Waals surface area contributed by atoms with Crippen molar-refractivity contribution < 1.29 is 9.59 Å². The Morgan fingerprint density at radius 3 is 2.68 bits per heavy atom. The third kappa shape index (κ3) is 6.04. The Kier molecular flexibility index (Phi) is 6.76. The Morgan fingerprint density at radius 1 is 1.16 bits per heavy atom. The van der Waals surface area contributed by atoms with E-state index < -0.39 is 0 Å². The van der Waals surface area contributed by atoms with Gasteiger partial charge in [0.05, 0.1) is 0 Å². The zero-order valence-electron chi connectivity index (χ0n) is 14.5. The fourth-order valence-corrected chi connectivity index (χ4v) is 4.53. The van der Waals surface area contributed by atoms with Crippen molar-refractivity contribution in [1.29, 1.82) is 0 Å². The Labute approximate surface area is 153 Å². The molecule has 3 N–H and O–H groups in total. The van der Waals surface area contributed by atoms with E-state index in [9.17, 15) is 9.59 Å². The van der Waals surface area contributed by atoms with E-state index in [-0.39, 0.29) is 23.4 Å². The minimum atomic E-state index is -0.145. The number of amides is 2. The monoisotopic (exact) mass is 361 g/mol. The fourth-order valence-electron chi connectivity index (χ4n) is 3.48. The lowest BCUT2D eigenvalue weighted by Gasteiger charge is -2.31. The van der Waals surface area contributed by atoms with Gasteiger partial charge in [0.1, 0.15) is 5.50 Å². The lowest BCUT2D eigenvalue weighted by Crippen LogP contribution is -2.56. The largest absolute Gasteiger partial charge is 0.353 e. The summed E-state index contributed by atoms with van der Waals surface area (Å²) in [4.78, 5) is 24.3. The molecule has 6 heteroatoms. The second-order valence-corrected chi connectivity index (χ2v) is 8.01. The maximum absolute atomic E-state index is 12.3. The van der Waals surface area contributed by atoms with E-state index in [1.54, 1.807) is 11.8 Å². The van der Waals surface area contributed by atoms with Crippen LogP contribution < -0.4 is 16.0 Å². The standard InChI is InChI=1S/C19H27N3O2S/c23-17(20-15-9-5-2-6-10-15)11-16-12-18(24)22-19(21-16)25-13-14-7-3-1-4-8-14/h1,3-4,7-8,15-16,19,21H,2,5-6,9-13H2,(H,20,23)(H,22,24). The molecular formula is C19H27N3O2S. The van der Waals surface area contributed by atoms with Gasteiger partial charge in [-0.25, -0.2) is 0 Å². The molecule has 2 unspecified atom stereocenters. The van der Waals surface area contributed by atoms with Gasteiger partial charge in [-0.05, 0) is 18.4 Å². The predicted molar refractivity (Wildman–Crippen MR) is 101 cm³/mol. The van der Waals surface area contributed by atoms with Gasteiger partial charge in [-0.15, -0.1) is 11.8 Å². The first-order chi connectivity index (χ1) is 12.2. The zero-order valence-corrected chi connectivity index (χ0v) is 15.3. The summed E-state index contributed by atoms with van der Waals surface area (Å²) in [5, 5.41) is 9.48. The van der Waals surface area contributed by atoms with Crippen LogP contribution in [0, 0.1) is 0 Å². The molecule has 0 radical (unpaired) electrons. The molecule has 2 aliphatic rings. The Hall–Kier alpha value is -1.53. The van der Waals surface area contributed by atoms with E-state index >= 15 is 0 Å². The van der Waals surface area contributed by atoms with E-state index in [4.69, 9.17) is 0 Å². The molecule has 2 atom stereocenters. The number of benzene rings is 1. The number of rotatable bonds is 6. The highest BCUT2D eigenvalue weighted by Gasteiger charge is 2.28. The first-order valence-corrected chi connectivity index (χ1v) is 10.2. The van der Waals surface area contributed by atoms with Crippen LogP contribution in [0.25, 0.3) is 0 Å². The van der Waals surface area contributed by atoms with Gasteiger partial charge in [0, 0.05) is 30.7 Å². The van der Waals surface area contributed by atoms with Crippen molar-refractivity contribution >= 4 is 23.6 Å². The number of nitrogens with one attached hydrogen (secondary N) is 3. The molecule has 5 nitrogen and oxygen atoms in total. The van der Waals surface area contributed by atoms with Crippen molar-refractivity contribution in [3.05, 3.63) is 35.9 Å². The number of carbonyl (C=O) groups is 2. The molecule has 3 rings (SSSR count). The topological polar surface area (TPSA) is 70.2 Å². The molecule has 2 fully saturated rings. The molecule has 25 heavy (non-hydrogen) atoms. The van der Waals surface area contributed by atoms with Crippen LogP contribution in [0.3, 0.4) is 0 Å². The molecule has 1 aromatic rings. The van der Waals surface area contributed by atoms with Crippen molar-refractivity contribution in [1.82, 2.24) is 16.0 Å². The molecule has 1 aliphatic carbocycles. The van der Waals surface area contributed by atoms with E-state index in [0.29, 0.717) is 18.9 Å². The van der Waals surface area contributed by atoms with Crippen molar-refractivity contribution in [2.45, 2.75) is 68.3 Å². The predicted octanol–water partition coefficient (Wildman–Crippen LogP) is 2.52. The van der Waals surface area contributed by atoms with Gasteiger partial charge in [0.25, 0.3) is 0 Å². The van der Waals surface area contributed by atoms with Crippen LogP contribution in [-0.2, 0) is 15.3 Å². The van der Waals surface area contributed by atoms with E-state index in [2.05, 4.69) is 28.1 Å². The number of hydrogen-bond acceptors (Lipinski definition) is 4. The average molecular weight is 362 g/mol. The third-order valence-corrected chi connectivity index (χ3v) is 5.86. The van der Waals surface area contributed by atoms with Crippen molar-refractivity contribution in [3.8, 4) is 0 Å². The van der Waals surface area contributed by atoms with E-state index in [0.717, 1.165) is 18.6 Å². The van der Waals surface area contributed by atoms with Gasteiger partial charge >= 0.3 is 0 Å². The highest BCUT2D eigenvalue weighted by Crippen LogP contribution is 2.20.